The molecule has 134 valence electrons. The molecule has 1 aromatic carbocycles. The van der Waals surface area contributed by atoms with E-state index in [1.807, 2.05) is 6.20 Å². The number of aryl methyl sites for hydroxylation is 2. The van der Waals surface area contributed by atoms with Crippen molar-refractivity contribution in [1.29, 1.82) is 0 Å². The van der Waals surface area contributed by atoms with E-state index in [-0.39, 0.29) is 5.91 Å². The normalized spacial score (nSPS) is 20.7. The molecular formula is C20H27N3OS. The van der Waals surface area contributed by atoms with E-state index < -0.39 is 0 Å². The summed E-state index contributed by atoms with van der Waals surface area (Å²) in [6.07, 6.45) is 7.21. The zero-order chi connectivity index (χ0) is 18.0. The molecule has 1 fully saturated rings. The number of carbonyl (C=O) groups is 1. The number of rotatable bonds is 4. The van der Waals surface area contributed by atoms with Crippen molar-refractivity contribution < 1.29 is 4.79 Å². The number of carbonyl (C=O) groups excluding carboxylic acids is 1. The van der Waals surface area contributed by atoms with Crippen LogP contribution >= 0.6 is 11.8 Å². The smallest absolute Gasteiger partial charge is 0.233 e. The molecule has 0 spiro atoms. The molecule has 1 aliphatic heterocycles. The van der Waals surface area contributed by atoms with Crippen LogP contribution in [0.5, 0.6) is 0 Å². The Kier molecular flexibility index (Phi) is 5.52. The molecule has 2 heterocycles. The monoisotopic (exact) mass is 357 g/mol. The second-order valence-corrected chi connectivity index (χ2v) is 8.03. The van der Waals surface area contributed by atoms with Gasteiger partial charge in [-0.1, -0.05) is 29.5 Å². The number of amides is 1. The van der Waals surface area contributed by atoms with E-state index in [1.165, 1.54) is 29.3 Å². The Morgan fingerprint density at radius 3 is 2.64 bits per heavy atom. The molecule has 0 bridgehead atoms. The van der Waals surface area contributed by atoms with Gasteiger partial charge in [0.05, 0.1) is 11.4 Å². The maximum atomic E-state index is 12.7. The number of benzene rings is 1. The molecule has 1 aliphatic rings. The molecule has 2 aromatic rings. The molecule has 3 rings (SSSR count). The fourth-order valence-electron chi connectivity index (χ4n) is 3.77. The van der Waals surface area contributed by atoms with Gasteiger partial charge in [-0.3, -0.25) is 9.36 Å². The van der Waals surface area contributed by atoms with E-state index in [1.54, 1.807) is 6.20 Å². The van der Waals surface area contributed by atoms with Crippen molar-refractivity contribution in [1.82, 2.24) is 14.5 Å². The molecule has 0 aliphatic carbocycles. The Morgan fingerprint density at radius 2 is 1.96 bits per heavy atom. The van der Waals surface area contributed by atoms with E-state index in [0.717, 1.165) is 23.7 Å². The van der Waals surface area contributed by atoms with Gasteiger partial charge in [0.15, 0.2) is 5.16 Å². The highest BCUT2D eigenvalue weighted by Gasteiger charge is 2.28. The summed E-state index contributed by atoms with van der Waals surface area (Å²) in [6.45, 7) is 8.53. The van der Waals surface area contributed by atoms with Gasteiger partial charge in [0, 0.05) is 24.5 Å². The number of hydrogen-bond donors (Lipinski definition) is 0. The fraction of sp³-hybridized carbons (Fsp3) is 0.500. The van der Waals surface area contributed by atoms with Crippen molar-refractivity contribution in [3.63, 3.8) is 0 Å². The molecule has 4 nitrogen and oxygen atoms in total. The van der Waals surface area contributed by atoms with Gasteiger partial charge in [0.1, 0.15) is 0 Å². The third kappa shape index (κ3) is 3.92. The molecule has 0 saturated carbocycles. The molecule has 25 heavy (non-hydrogen) atoms. The largest absolute Gasteiger partial charge is 0.337 e. The zero-order valence-electron chi connectivity index (χ0n) is 15.5. The van der Waals surface area contributed by atoms with Crippen molar-refractivity contribution >= 4 is 17.7 Å². The maximum absolute atomic E-state index is 12.7. The number of likely N-dealkylation sites (tertiary alicyclic amines) is 1. The lowest BCUT2D eigenvalue weighted by Gasteiger charge is -2.39. The van der Waals surface area contributed by atoms with Crippen LogP contribution in [-0.2, 0) is 4.79 Å². The first-order chi connectivity index (χ1) is 12.0. The van der Waals surface area contributed by atoms with Crippen LogP contribution in [0.2, 0.25) is 0 Å². The van der Waals surface area contributed by atoms with Crippen LogP contribution in [0, 0.1) is 13.8 Å². The summed E-state index contributed by atoms with van der Waals surface area (Å²) in [7, 11) is 0. The van der Waals surface area contributed by atoms with Gasteiger partial charge in [-0.2, -0.15) is 0 Å². The van der Waals surface area contributed by atoms with E-state index in [2.05, 4.69) is 60.3 Å². The minimum absolute atomic E-state index is 0.222. The van der Waals surface area contributed by atoms with Gasteiger partial charge in [-0.05, 0) is 58.6 Å². The maximum Gasteiger partial charge on any atom is 0.233 e. The number of piperidine rings is 1. The first-order valence-corrected chi connectivity index (χ1v) is 10.0. The predicted molar refractivity (Wildman–Crippen MR) is 103 cm³/mol. The molecule has 2 atom stereocenters. The molecule has 0 N–H and O–H groups in total. The topological polar surface area (TPSA) is 38.1 Å². The lowest BCUT2D eigenvalue weighted by atomic mass is 9.98. The first kappa shape index (κ1) is 18.1. The quantitative estimate of drug-likeness (QED) is 0.763. The summed E-state index contributed by atoms with van der Waals surface area (Å²) in [5, 5.41) is 0.873. The van der Waals surface area contributed by atoms with Crippen molar-refractivity contribution in [2.24, 2.45) is 0 Å². The number of nitrogens with zero attached hydrogens (tertiary/aromatic N) is 3. The minimum atomic E-state index is 0.222. The average Bonchev–Trinajstić information content (AvgIpc) is 3.01. The third-order valence-electron chi connectivity index (χ3n) is 5.02. The average molecular weight is 358 g/mol. The lowest BCUT2D eigenvalue weighted by molar-refractivity contribution is -0.134. The Morgan fingerprint density at radius 1 is 1.24 bits per heavy atom. The van der Waals surface area contributed by atoms with Crippen molar-refractivity contribution in [3.05, 3.63) is 41.7 Å². The Hall–Kier alpha value is -1.75. The molecular weight excluding hydrogens is 330 g/mol. The Balaban J connectivity index is 1.72. The molecule has 1 amide bonds. The second kappa shape index (κ2) is 7.65. The van der Waals surface area contributed by atoms with Crippen LogP contribution in [0.15, 0.2) is 35.7 Å². The van der Waals surface area contributed by atoms with E-state index >= 15 is 0 Å². The van der Waals surface area contributed by atoms with Gasteiger partial charge in [-0.15, -0.1) is 0 Å². The van der Waals surface area contributed by atoms with Gasteiger partial charge >= 0.3 is 0 Å². The van der Waals surface area contributed by atoms with Gasteiger partial charge < -0.3 is 4.90 Å². The van der Waals surface area contributed by atoms with Gasteiger partial charge in [-0.25, -0.2) is 4.98 Å². The molecule has 2 unspecified atom stereocenters. The van der Waals surface area contributed by atoms with Crippen LogP contribution < -0.4 is 0 Å². The molecule has 0 radical (unpaired) electrons. The highest BCUT2D eigenvalue weighted by Crippen LogP contribution is 2.27. The van der Waals surface area contributed by atoms with Crippen LogP contribution in [0.25, 0.3) is 5.69 Å². The third-order valence-corrected chi connectivity index (χ3v) is 5.98. The van der Waals surface area contributed by atoms with Crippen LogP contribution in [0.1, 0.15) is 44.2 Å². The van der Waals surface area contributed by atoms with Crippen LogP contribution in [0.4, 0.5) is 0 Å². The lowest BCUT2D eigenvalue weighted by Crippen LogP contribution is -2.48. The summed E-state index contributed by atoms with van der Waals surface area (Å²) in [5.41, 5.74) is 3.58. The second-order valence-electron chi connectivity index (χ2n) is 7.09. The van der Waals surface area contributed by atoms with E-state index in [0.29, 0.717) is 17.8 Å². The summed E-state index contributed by atoms with van der Waals surface area (Å²) in [4.78, 5) is 19.3. The van der Waals surface area contributed by atoms with Gasteiger partial charge in [0.2, 0.25) is 5.91 Å². The van der Waals surface area contributed by atoms with E-state index in [9.17, 15) is 4.79 Å². The summed E-state index contributed by atoms with van der Waals surface area (Å²) in [5.74, 6) is 0.663. The van der Waals surface area contributed by atoms with Gasteiger partial charge in [0.25, 0.3) is 0 Å². The van der Waals surface area contributed by atoms with Crippen molar-refractivity contribution in [2.75, 3.05) is 5.75 Å². The Bertz CT molecular complexity index is 745. The molecule has 1 aromatic heterocycles. The van der Waals surface area contributed by atoms with Crippen molar-refractivity contribution in [2.45, 2.75) is 64.2 Å². The standard InChI is InChI=1S/C20H27N3OS/c1-14-8-9-18(15(2)12-14)22-11-10-21-20(22)25-13-19(24)23-16(3)6-5-7-17(23)4/h8-12,16-17H,5-7,13H2,1-4H3. The number of hydrogen-bond acceptors (Lipinski definition) is 3. The summed E-state index contributed by atoms with van der Waals surface area (Å²) in [6, 6.07) is 7.09. The SMILES string of the molecule is Cc1ccc(-n2ccnc2SCC(=O)N2C(C)CCCC2C)c(C)c1. The predicted octanol–water partition coefficient (Wildman–Crippen LogP) is 4.37. The fourth-order valence-corrected chi connectivity index (χ4v) is 4.60. The number of thioether (sulfide) groups is 1. The number of aromatic nitrogens is 2. The minimum Gasteiger partial charge on any atom is -0.337 e. The van der Waals surface area contributed by atoms with Crippen molar-refractivity contribution in [3.8, 4) is 5.69 Å². The Labute approximate surface area is 154 Å². The molecule has 5 heteroatoms. The van der Waals surface area contributed by atoms with Crippen LogP contribution in [0.3, 0.4) is 0 Å². The highest BCUT2D eigenvalue weighted by molar-refractivity contribution is 7.99. The van der Waals surface area contributed by atoms with Crippen LogP contribution in [-0.4, -0.2) is 38.2 Å². The number of imidazole rings is 1. The summed E-state index contributed by atoms with van der Waals surface area (Å²) < 4.78 is 2.08. The first-order valence-electron chi connectivity index (χ1n) is 9.02. The zero-order valence-corrected chi connectivity index (χ0v) is 16.3. The summed E-state index contributed by atoms with van der Waals surface area (Å²) >= 11 is 1.53. The molecule has 1 saturated heterocycles. The van der Waals surface area contributed by atoms with E-state index in [4.69, 9.17) is 0 Å². The highest BCUT2D eigenvalue weighted by atomic mass is 32.2.